The van der Waals surface area contributed by atoms with Crippen molar-refractivity contribution >= 4 is 14.6 Å². The lowest BCUT2D eigenvalue weighted by Gasteiger charge is -2.25. The topological polar surface area (TPSA) is 140 Å². The van der Waals surface area contributed by atoms with E-state index in [9.17, 15) is 24.1 Å². The van der Waals surface area contributed by atoms with Gasteiger partial charge in [-0.05, 0) is 27.7 Å². The van der Waals surface area contributed by atoms with Crippen LogP contribution >= 0.6 is 8.61 Å². The van der Waals surface area contributed by atoms with Crippen LogP contribution < -0.4 is 11.2 Å². The summed E-state index contributed by atoms with van der Waals surface area (Å²) in [6.45, 7) is 5.25. The van der Waals surface area contributed by atoms with E-state index >= 15 is 4.39 Å². The minimum absolute atomic E-state index is 0.390. The Balaban J connectivity index is 2.11. The molecule has 1 aromatic heterocycles. The minimum atomic E-state index is -2.40. The summed E-state index contributed by atoms with van der Waals surface area (Å²) in [6.07, 6.45) is -3.86. The van der Waals surface area contributed by atoms with Gasteiger partial charge in [0.1, 0.15) is 18.2 Å². The number of hydrogen-bond donors (Lipinski definition) is 2. The first kappa shape index (κ1) is 23.3. The Morgan fingerprint density at radius 2 is 2.14 bits per heavy atom. The zero-order valence-corrected chi connectivity index (χ0v) is 17.2. The van der Waals surface area contributed by atoms with Crippen molar-refractivity contribution in [2.24, 2.45) is 0 Å². The summed E-state index contributed by atoms with van der Waals surface area (Å²) < 4.78 is 37.7. The van der Waals surface area contributed by atoms with E-state index in [1.54, 1.807) is 13.8 Å². The fraction of sp³-hybridized carbons (Fsp3) is 0.688. The highest BCUT2D eigenvalue weighted by atomic mass is 31.1. The molecule has 1 aliphatic heterocycles. The molecule has 0 aromatic carbocycles. The molecule has 1 aliphatic rings. The fourth-order valence-electron chi connectivity index (χ4n) is 2.74. The molecule has 1 saturated heterocycles. The van der Waals surface area contributed by atoms with Gasteiger partial charge >= 0.3 is 11.7 Å². The first-order chi connectivity index (χ1) is 13.5. The van der Waals surface area contributed by atoms with Gasteiger partial charge in [0.25, 0.3) is 14.2 Å². The maximum Gasteiger partial charge on any atom is 0.330 e. The van der Waals surface area contributed by atoms with Gasteiger partial charge in [-0.25, -0.2) is 9.18 Å². The minimum Gasteiger partial charge on any atom is -0.462 e. The normalized spacial score (nSPS) is 28.2. The molecule has 0 bridgehead atoms. The monoisotopic (exact) mass is 435 g/mol. The Labute approximate surface area is 166 Å². The number of H-pyrrole nitrogens is 1. The molecule has 0 spiro atoms. The first-order valence-electron chi connectivity index (χ1n) is 8.78. The molecule has 11 nitrogen and oxygen atoms in total. The van der Waals surface area contributed by atoms with Crippen LogP contribution in [0.1, 0.15) is 33.9 Å². The summed E-state index contributed by atoms with van der Waals surface area (Å²) in [5, 5.41) is 10.3. The summed E-state index contributed by atoms with van der Waals surface area (Å²) in [4.78, 5) is 43.0. The number of aliphatic hydroxyl groups is 1. The number of nitrogens with one attached hydrogen (secondary N) is 1. The van der Waals surface area contributed by atoms with Gasteiger partial charge in [0.2, 0.25) is 0 Å². The molecule has 0 radical (unpaired) electrons. The highest BCUT2D eigenvalue weighted by molar-refractivity contribution is 7.20. The van der Waals surface area contributed by atoms with Crippen LogP contribution in [0.2, 0.25) is 0 Å². The van der Waals surface area contributed by atoms with E-state index in [2.05, 4.69) is 0 Å². The van der Waals surface area contributed by atoms with Gasteiger partial charge in [0.15, 0.2) is 11.9 Å². The lowest BCUT2D eigenvalue weighted by Crippen LogP contribution is -2.44. The second-order valence-electron chi connectivity index (χ2n) is 6.98. The van der Waals surface area contributed by atoms with Gasteiger partial charge in [-0.15, -0.1) is 0 Å². The Hall–Kier alpha value is -1.98. The molecule has 29 heavy (non-hydrogen) atoms. The van der Waals surface area contributed by atoms with Gasteiger partial charge in [-0.2, -0.15) is 0 Å². The number of aliphatic hydroxyl groups excluding tert-OH is 1. The fourth-order valence-corrected chi connectivity index (χ4v) is 3.09. The van der Waals surface area contributed by atoms with Crippen LogP contribution in [-0.4, -0.2) is 62.1 Å². The predicted molar refractivity (Wildman–Crippen MR) is 96.8 cm³/mol. The SMILES string of the molecule is CC(C)OC(=O)C(C)N(OC[C@H]1O[C@@H](n2ccc(=O)[nH]c2=O)[C@](C)(F)[C@@H]1O)P=O. The molecule has 5 atom stereocenters. The quantitative estimate of drug-likeness (QED) is 0.335. The van der Waals surface area contributed by atoms with E-state index in [4.69, 9.17) is 14.3 Å². The van der Waals surface area contributed by atoms with Crippen LogP contribution in [0.15, 0.2) is 21.9 Å². The van der Waals surface area contributed by atoms with Crippen LogP contribution in [0, 0.1) is 0 Å². The lowest BCUT2D eigenvalue weighted by atomic mass is 9.98. The maximum atomic E-state index is 15.1. The van der Waals surface area contributed by atoms with Crippen LogP contribution in [0.5, 0.6) is 0 Å². The van der Waals surface area contributed by atoms with Crippen molar-refractivity contribution in [1.82, 2.24) is 14.4 Å². The number of rotatable bonds is 8. The molecular formula is C16H23FN3O8P. The molecule has 162 valence electrons. The number of halogens is 1. The number of aromatic amines is 1. The van der Waals surface area contributed by atoms with Gasteiger partial charge < -0.3 is 14.6 Å². The molecule has 1 aromatic rings. The summed E-state index contributed by atoms with van der Waals surface area (Å²) in [5.74, 6) is -0.691. The maximum absolute atomic E-state index is 15.1. The number of ether oxygens (including phenoxy) is 2. The number of carbonyl (C=O) groups is 1. The average Bonchev–Trinajstić information content (AvgIpc) is 2.85. The average molecular weight is 435 g/mol. The third-order valence-electron chi connectivity index (χ3n) is 4.30. The summed E-state index contributed by atoms with van der Waals surface area (Å²) >= 11 is 0. The number of alkyl halides is 1. The third kappa shape index (κ3) is 5.14. The molecule has 1 unspecified atom stereocenters. The molecule has 2 rings (SSSR count). The number of esters is 1. The smallest absolute Gasteiger partial charge is 0.330 e. The van der Waals surface area contributed by atoms with Crippen molar-refractivity contribution in [3.8, 4) is 0 Å². The lowest BCUT2D eigenvalue weighted by molar-refractivity contribution is -0.180. The molecule has 0 saturated carbocycles. The number of hydroxylamine groups is 1. The van der Waals surface area contributed by atoms with Crippen molar-refractivity contribution < 1.29 is 33.2 Å². The standard InChI is InChI=1S/C16H23FN3O8P/c1-8(2)27-13(23)9(3)20(29-25)26-7-10-12(22)16(4,17)14(28-10)19-6-5-11(21)18-15(19)24/h5-6,8-10,12,14,22H,7H2,1-4H3,(H,18,21,24)/t9?,10-,12-,14-,16-/m1/s1. The third-order valence-corrected chi connectivity index (χ3v) is 4.92. The molecule has 13 heteroatoms. The molecule has 1 fully saturated rings. The Kier molecular flexibility index (Phi) is 7.41. The van der Waals surface area contributed by atoms with Crippen LogP contribution in [0.25, 0.3) is 0 Å². The number of aromatic nitrogens is 2. The summed E-state index contributed by atoms with van der Waals surface area (Å²) in [7, 11) is -0.665. The first-order valence-corrected chi connectivity index (χ1v) is 9.55. The van der Waals surface area contributed by atoms with Crippen LogP contribution in [-0.2, 0) is 23.7 Å². The van der Waals surface area contributed by atoms with E-state index in [0.29, 0.717) is 0 Å². The van der Waals surface area contributed by atoms with E-state index in [1.807, 2.05) is 4.98 Å². The van der Waals surface area contributed by atoms with E-state index in [-0.39, 0.29) is 0 Å². The number of carbonyl (C=O) groups excluding carboxylic acids is 1. The molecule has 2 heterocycles. The van der Waals surface area contributed by atoms with Gasteiger partial charge in [0, 0.05) is 12.3 Å². The zero-order chi connectivity index (χ0) is 21.9. The van der Waals surface area contributed by atoms with Gasteiger partial charge in [-0.3, -0.25) is 28.5 Å². The summed E-state index contributed by atoms with van der Waals surface area (Å²) in [5.41, 5.74) is -3.99. The Morgan fingerprint density at radius 1 is 1.48 bits per heavy atom. The van der Waals surface area contributed by atoms with Crippen molar-refractivity contribution in [3.63, 3.8) is 0 Å². The molecular weight excluding hydrogens is 412 g/mol. The zero-order valence-electron chi connectivity index (χ0n) is 16.3. The summed E-state index contributed by atoms with van der Waals surface area (Å²) in [6, 6.07) is -0.0404. The Morgan fingerprint density at radius 3 is 2.69 bits per heavy atom. The predicted octanol–water partition coefficient (Wildman–Crippen LogP) is 0.304. The highest BCUT2D eigenvalue weighted by Crippen LogP contribution is 2.40. The van der Waals surface area contributed by atoms with Crippen molar-refractivity contribution in [2.45, 2.75) is 63.9 Å². The highest BCUT2D eigenvalue weighted by Gasteiger charge is 2.55. The Bertz CT molecular complexity index is 857. The van der Waals surface area contributed by atoms with E-state index in [1.165, 1.54) is 6.92 Å². The number of hydrogen-bond acceptors (Lipinski definition) is 8. The van der Waals surface area contributed by atoms with Crippen molar-refractivity contribution in [3.05, 3.63) is 33.1 Å². The van der Waals surface area contributed by atoms with E-state index < -0.39 is 68.7 Å². The molecule has 0 amide bonds. The molecule has 0 aliphatic carbocycles. The van der Waals surface area contributed by atoms with Gasteiger partial charge in [-0.1, -0.05) is 4.83 Å². The number of nitrogens with zero attached hydrogens (tertiary/aromatic N) is 2. The van der Waals surface area contributed by atoms with Crippen molar-refractivity contribution in [2.75, 3.05) is 6.61 Å². The van der Waals surface area contributed by atoms with Gasteiger partial charge in [0.05, 0.1) is 12.7 Å². The van der Waals surface area contributed by atoms with E-state index in [0.717, 1.165) is 28.6 Å². The van der Waals surface area contributed by atoms with Crippen LogP contribution in [0.3, 0.4) is 0 Å². The second-order valence-corrected chi connectivity index (χ2v) is 7.54. The van der Waals surface area contributed by atoms with Crippen LogP contribution in [0.4, 0.5) is 4.39 Å². The molecule has 2 N–H and O–H groups in total. The largest absolute Gasteiger partial charge is 0.462 e. The van der Waals surface area contributed by atoms with Crippen molar-refractivity contribution in [1.29, 1.82) is 0 Å². The second kappa shape index (κ2) is 9.23.